The SMILES string of the molecule is CCCCCCCC(Cc1cc(C)cc(C)c1)NCCC. The van der Waals surface area contributed by atoms with Gasteiger partial charge in [-0.3, -0.25) is 0 Å². The van der Waals surface area contributed by atoms with E-state index in [2.05, 4.69) is 51.2 Å². The number of hydrogen-bond acceptors (Lipinski definition) is 1. The fourth-order valence-corrected chi connectivity index (χ4v) is 3.09. The molecule has 120 valence electrons. The van der Waals surface area contributed by atoms with Crippen molar-refractivity contribution in [2.45, 2.75) is 85.1 Å². The summed E-state index contributed by atoms with van der Waals surface area (Å²) in [5, 5.41) is 3.75. The van der Waals surface area contributed by atoms with E-state index in [1.165, 1.54) is 68.1 Å². The number of aryl methyl sites for hydroxylation is 2. The van der Waals surface area contributed by atoms with Gasteiger partial charge < -0.3 is 5.32 Å². The molecule has 21 heavy (non-hydrogen) atoms. The van der Waals surface area contributed by atoms with Crippen molar-refractivity contribution in [3.63, 3.8) is 0 Å². The number of unbranched alkanes of at least 4 members (excludes halogenated alkanes) is 4. The summed E-state index contributed by atoms with van der Waals surface area (Å²) in [6, 6.07) is 7.62. The topological polar surface area (TPSA) is 12.0 Å². The molecule has 1 rings (SSSR count). The summed E-state index contributed by atoms with van der Waals surface area (Å²) in [6.07, 6.45) is 10.6. The quantitative estimate of drug-likeness (QED) is 0.525. The Balaban J connectivity index is 2.47. The van der Waals surface area contributed by atoms with E-state index >= 15 is 0 Å². The van der Waals surface area contributed by atoms with Gasteiger partial charge in [-0.15, -0.1) is 0 Å². The molecule has 0 bridgehead atoms. The summed E-state index contributed by atoms with van der Waals surface area (Å²) in [4.78, 5) is 0. The van der Waals surface area contributed by atoms with Crippen molar-refractivity contribution in [3.8, 4) is 0 Å². The van der Waals surface area contributed by atoms with Crippen LogP contribution in [-0.2, 0) is 6.42 Å². The minimum absolute atomic E-state index is 0.646. The first-order chi connectivity index (χ1) is 10.2. The largest absolute Gasteiger partial charge is 0.314 e. The molecule has 0 radical (unpaired) electrons. The van der Waals surface area contributed by atoms with Gasteiger partial charge in [-0.05, 0) is 45.2 Å². The van der Waals surface area contributed by atoms with E-state index in [1.54, 1.807) is 0 Å². The predicted octanol–water partition coefficient (Wildman–Crippen LogP) is 5.57. The van der Waals surface area contributed by atoms with Crippen molar-refractivity contribution < 1.29 is 0 Å². The first-order valence-corrected chi connectivity index (χ1v) is 8.96. The highest BCUT2D eigenvalue weighted by Gasteiger charge is 2.09. The van der Waals surface area contributed by atoms with E-state index in [0.29, 0.717) is 6.04 Å². The van der Waals surface area contributed by atoms with Crippen LogP contribution in [0.15, 0.2) is 18.2 Å². The van der Waals surface area contributed by atoms with Gasteiger partial charge in [0.15, 0.2) is 0 Å². The number of nitrogens with one attached hydrogen (secondary N) is 1. The van der Waals surface area contributed by atoms with E-state index in [4.69, 9.17) is 0 Å². The Kier molecular flexibility index (Phi) is 9.41. The van der Waals surface area contributed by atoms with Crippen LogP contribution in [0.5, 0.6) is 0 Å². The van der Waals surface area contributed by atoms with Crippen molar-refractivity contribution in [3.05, 3.63) is 34.9 Å². The lowest BCUT2D eigenvalue weighted by atomic mass is 9.97. The smallest absolute Gasteiger partial charge is 0.0107 e. The van der Waals surface area contributed by atoms with Crippen molar-refractivity contribution in [2.75, 3.05) is 6.54 Å². The molecule has 0 heterocycles. The van der Waals surface area contributed by atoms with Gasteiger partial charge >= 0.3 is 0 Å². The van der Waals surface area contributed by atoms with E-state index in [-0.39, 0.29) is 0 Å². The molecule has 1 unspecified atom stereocenters. The molecule has 0 fully saturated rings. The van der Waals surface area contributed by atoms with Gasteiger partial charge in [-0.2, -0.15) is 0 Å². The van der Waals surface area contributed by atoms with Crippen LogP contribution in [0, 0.1) is 13.8 Å². The van der Waals surface area contributed by atoms with Gasteiger partial charge in [0.05, 0.1) is 0 Å². The molecule has 0 amide bonds. The Labute approximate surface area is 132 Å². The highest BCUT2D eigenvalue weighted by Crippen LogP contribution is 2.14. The second kappa shape index (κ2) is 10.8. The normalized spacial score (nSPS) is 12.6. The second-order valence-electron chi connectivity index (χ2n) is 6.55. The van der Waals surface area contributed by atoms with Crippen molar-refractivity contribution >= 4 is 0 Å². The molecule has 1 heteroatoms. The molecule has 1 aromatic rings. The van der Waals surface area contributed by atoms with E-state index < -0.39 is 0 Å². The fourth-order valence-electron chi connectivity index (χ4n) is 3.09. The first-order valence-electron chi connectivity index (χ1n) is 8.96. The molecule has 1 aromatic carbocycles. The van der Waals surface area contributed by atoms with Crippen LogP contribution in [0.4, 0.5) is 0 Å². The van der Waals surface area contributed by atoms with Gasteiger partial charge in [-0.25, -0.2) is 0 Å². The Bertz CT molecular complexity index is 363. The van der Waals surface area contributed by atoms with Crippen LogP contribution < -0.4 is 5.32 Å². The van der Waals surface area contributed by atoms with E-state index in [9.17, 15) is 0 Å². The van der Waals surface area contributed by atoms with Crippen LogP contribution in [0.3, 0.4) is 0 Å². The lowest BCUT2D eigenvalue weighted by molar-refractivity contribution is 0.451. The maximum absolute atomic E-state index is 3.75. The maximum Gasteiger partial charge on any atom is 0.0107 e. The highest BCUT2D eigenvalue weighted by molar-refractivity contribution is 5.29. The summed E-state index contributed by atoms with van der Waals surface area (Å²) in [7, 11) is 0. The molecule has 0 aliphatic rings. The monoisotopic (exact) mass is 289 g/mol. The average molecular weight is 290 g/mol. The zero-order chi connectivity index (χ0) is 15.5. The van der Waals surface area contributed by atoms with Gasteiger partial charge in [0.1, 0.15) is 0 Å². The molecular weight excluding hydrogens is 254 g/mol. The second-order valence-corrected chi connectivity index (χ2v) is 6.55. The predicted molar refractivity (Wildman–Crippen MR) is 95.1 cm³/mol. The molecule has 0 saturated heterocycles. The van der Waals surface area contributed by atoms with E-state index in [0.717, 1.165) is 6.54 Å². The Morgan fingerprint density at radius 1 is 0.857 bits per heavy atom. The molecule has 0 aliphatic heterocycles. The molecule has 0 aromatic heterocycles. The summed E-state index contributed by atoms with van der Waals surface area (Å²) >= 11 is 0. The molecule has 0 aliphatic carbocycles. The first kappa shape index (κ1) is 18.2. The Hall–Kier alpha value is -0.820. The van der Waals surface area contributed by atoms with Crippen LogP contribution in [-0.4, -0.2) is 12.6 Å². The van der Waals surface area contributed by atoms with Gasteiger partial charge in [0.2, 0.25) is 0 Å². The summed E-state index contributed by atoms with van der Waals surface area (Å²) in [5.74, 6) is 0. The van der Waals surface area contributed by atoms with Crippen molar-refractivity contribution in [2.24, 2.45) is 0 Å². The fraction of sp³-hybridized carbons (Fsp3) is 0.700. The van der Waals surface area contributed by atoms with Gasteiger partial charge in [-0.1, -0.05) is 75.3 Å². The molecule has 1 nitrogen and oxygen atoms in total. The van der Waals surface area contributed by atoms with E-state index in [1.807, 2.05) is 0 Å². The molecule has 1 N–H and O–H groups in total. The standard InChI is InChI=1S/C20H35N/c1-5-7-8-9-10-11-20(21-12-6-2)16-19-14-17(3)13-18(4)15-19/h13-15,20-21H,5-12,16H2,1-4H3. The number of rotatable bonds is 11. The third-order valence-electron chi connectivity index (χ3n) is 4.10. The molecule has 0 spiro atoms. The van der Waals surface area contributed by atoms with Crippen LogP contribution in [0.25, 0.3) is 0 Å². The van der Waals surface area contributed by atoms with Crippen molar-refractivity contribution in [1.82, 2.24) is 5.32 Å². The Morgan fingerprint density at radius 3 is 2.14 bits per heavy atom. The molecule has 0 saturated carbocycles. The van der Waals surface area contributed by atoms with Crippen molar-refractivity contribution in [1.29, 1.82) is 0 Å². The maximum atomic E-state index is 3.75. The third kappa shape index (κ3) is 8.26. The lowest BCUT2D eigenvalue weighted by Crippen LogP contribution is -2.31. The minimum atomic E-state index is 0.646. The molecular formula is C20H35N. The highest BCUT2D eigenvalue weighted by atomic mass is 14.9. The molecule has 1 atom stereocenters. The summed E-state index contributed by atoms with van der Waals surface area (Å²) in [5.41, 5.74) is 4.28. The van der Waals surface area contributed by atoms with Gasteiger partial charge in [0.25, 0.3) is 0 Å². The summed E-state index contributed by atoms with van der Waals surface area (Å²) in [6.45, 7) is 10.1. The van der Waals surface area contributed by atoms with Crippen LogP contribution in [0.2, 0.25) is 0 Å². The van der Waals surface area contributed by atoms with Gasteiger partial charge in [0, 0.05) is 6.04 Å². The third-order valence-corrected chi connectivity index (χ3v) is 4.10. The number of hydrogen-bond donors (Lipinski definition) is 1. The number of benzene rings is 1. The Morgan fingerprint density at radius 2 is 1.52 bits per heavy atom. The minimum Gasteiger partial charge on any atom is -0.314 e. The lowest BCUT2D eigenvalue weighted by Gasteiger charge is -2.19. The van der Waals surface area contributed by atoms with Crippen LogP contribution >= 0.6 is 0 Å². The average Bonchev–Trinajstić information content (AvgIpc) is 2.43. The summed E-state index contributed by atoms with van der Waals surface area (Å²) < 4.78 is 0. The zero-order valence-corrected chi connectivity index (χ0v) is 14.7. The van der Waals surface area contributed by atoms with Crippen LogP contribution in [0.1, 0.15) is 75.5 Å². The zero-order valence-electron chi connectivity index (χ0n) is 14.7.